The standard InChI is InChI=1S/C12H20N2O2/c13-12(1-2-12)10(15)14-6-3-11(9-14)4-7-16-8-5-11/h1-9,13H2. The average molecular weight is 224 g/mol. The lowest BCUT2D eigenvalue weighted by Crippen LogP contribution is -2.45. The molecule has 1 aliphatic carbocycles. The van der Waals surface area contributed by atoms with Crippen LogP contribution in [0.4, 0.5) is 0 Å². The highest BCUT2D eigenvalue weighted by Gasteiger charge is 2.51. The van der Waals surface area contributed by atoms with Crippen LogP contribution in [-0.4, -0.2) is 42.6 Å². The van der Waals surface area contributed by atoms with Crippen molar-refractivity contribution in [1.29, 1.82) is 0 Å². The number of hydrogen-bond acceptors (Lipinski definition) is 3. The molecule has 0 unspecified atom stereocenters. The quantitative estimate of drug-likeness (QED) is 0.706. The van der Waals surface area contributed by atoms with Crippen molar-refractivity contribution in [3.8, 4) is 0 Å². The molecule has 3 rings (SSSR count). The minimum absolute atomic E-state index is 0.191. The predicted octanol–water partition coefficient (Wildman–Crippen LogP) is 0.507. The first-order valence-electron chi connectivity index (χ1n) is 6.30. The Labute approximate surface area is 96.1 Å². The molecule has 3 fully saturated rings. The molecule has 1 amide bonds. The Hall–Kier alpha value is -0.610. The van der Waals surface area contributed by atoms with Crippen LogP contribution in [0.1, 0.15) is 32.1 Å². The molecule has 2 saturated heterocycles. The first-order valence-corrected chi connectivity index (χ1v) is 6.30. The highest BCUT2D eigenvalue weighted by atomic mass is 16.5. The molecule has 0 aromatic heterocycles. The van der Waals surface area contributed by atoms with Gasteiger partial charge in [-0.15, -0.1) is 0 Å². The molecule has 16 heavy (non-hydrogen) atoms. The fourth-order valence-corrected chi connectivity index (χ4v) is 2.98. The van der Waals surface area contributed by atoms with Crippen LogP contribution in [0.3, 0.4) is 0 Å². The maximum absolute atomic E-state index is 12.1. The summed E-state index contributed by atoms with van der Waals surface area (Å²) in [5.41, 5.74) is 5.83. The lowest BCUT2D eigenvalue weighted by Gasteiger charge is -2.33. The van der Waals surface area contributed by atoms with Crippen molar-refractivity contribution in [3.05, 3.63) is 0 Å². The fourth-order valence-electron chi connectivity index (χ4n) is 2.98. The second-order valence-corrected chi connectivity index (χ2v) is 5.75. The van der Waals surface area contributed by atoms with E-state index >= 15 is 0 Å². The first-order chi connectivity index (χ1) is 7.64. The number of amides is 1. The zero-order valence-electron chi connectivity index (χ0n) is 9.71. The van der Waals surface area contributed by atoms with Gasteiger partial charge in [-0.3, -0.25) is 4.79 Å². The summed E-state index contributed by atoms with van der Waals surface area (Å²) < 4.78 is 5.40. The van der Waals surface area contributed by atoms with Gasteiger partial charge in [-0.1, -0.05) is 0 Å². The Bertz CT molecular complexity index is 306. The summed E-state index contributed by atoms with van der Waals surface area (Å²) in [6, 6.07) is 0. The molecule has 0 radical (unpaired) electrons. The normalized spacial score (nSPS) is 30.7. The molecule has 1 spiro atoms. The largest absolute Gasteiger partial charge is 0.381 e. The Morgan fingerprint density at radius 1 is 1.12 bits per heavy atom. The van der Waals surface area contributed by atoms with E-state index in [9.17, 15) is 4.79 Å². The lowest BCUT2D eigenvalue weighted by molar-refractivity contribution is -0.133. The van der Waals surface area contributed by atoms with Crippen LogP contribution >= 0.6 is 0 Å². The van der Waals surface area contributed by atoms with Crippen LogP contribution in [0.5, 0.6) is 0 Å². The van der Waals surface area contributed by atoms with Crippen LogP contribution < -0.4 is 5.73 Å². The van der Waals surface area contributed by atoms with Gasteiger partial charge in [0.15, 0.2) is 0 Å². The molecule has 2 aliphatic heterocycles. The molecule has 2 heterocycles. The van der Waals surface area contributed by atoms with Crippen molar-refractivity contribution in [2.45, 2.75) is 37.6 Å². The number of nitrogens with zero attached hydrogens (tertiary/aromatic N) is 1. The van der Waals surface area contributed by atoms with Crippen molar-refractivity contribution < 1.29 is 9.53 Å². The SMILES string of the molecule is NC1(C(=O)N2CCC3(CCOCC3)C2)CC1. The summed E-state index contributed by atoms with van der Waals surface area (Å²) in [6.07, 6.45) is 5.10. The van der Waals surface area contributed by atoms with E-state index in [0.717, 1.165) is 58.4 Å². The number of nitrogens with two attached hydrogens (primary N) is 1. The number of carbonyl (C=O) groups excluding carboxylic acids is 1. The van der Waals surface area contributed by atoms with Crippen LogP contribution in [0.25, 0.3) is 0 Å². The molecule has 0 aromatic rings. The van der Waals surface area contributed by atoms with Crippen molar-refractivity contribution in [2.24, 2.45) is 11.1 Å². The number of carbonyl (C=O) groups is 1. The van der Waals surface area contributed by atoms with Gasteiger partial charge in [-0.05, 0) is 37.5 Å². The van der Waals surface area contributed by atoms with Gasteiger partial charge in [0.1, 0.15) is 0 Å². The zero-order chi connectivity index (χ0) is 11.2. The third-order valence-corrected chi connectivity index (χ3v) is 4.49. The second-order valence-electron chi connectivity index (χ2n) is 5.75. The van der Waals surface area contributed by atoms with Crippen molar-refractivity contribution in [1.82, 2.24) is 4.90 Å². The van der Waals surface area contributed by atoms with Crippen molar-refractivity contribution in [3.63, 3.8) is 0 Å². The zero-order valence-corrected chi connectivity index (χ0v) is 9.71. The molecule has 2 N–H and O–H groups in total. The van der Waals surface area contributed by atoms with Gasteiger partial charge in [0.2, 0.25) is 5.91 Å². The van der Waals surface area contributed by atoms with Gasteiger partial charge in [-0.25, -0.2) is 0 Å². The van der Waals surface area contributed by atoms with Crippen molar-refractivity contribution >= 4 is 5.91 Å². The van der Waals surface area contributed by atoms with Crippen LogP contribution in [-0.2, 0) is 9.53 Å². The molecule has 4 nitrogen and oxygen atoms in total. The lowest BCUT2D eigenvalue weighted by atomic mass is 9.80. The summed E-state index contributed by atoms with van der Waals surface area (Å²) in [4.78, 5) is 14.1. The van der Waals surface area contributed by atoms with E-state index in [1.807, 2.05) is 4.90 Å². The van der Waals surface area contributed by atoms with E-state index in [1.165, 1.54) is 0 Å². The fraction of sp³-hybridized carbons (Fsp3) is 0.917. The van der Waals surface area contributed by atoms with E-state index < -0.39 is 5.54 Å². The molecule has 0 atom stereocenters. The molecule has 0 aromatic carbocycles. The summed E-state index contributed by atoms with van der Waals surface area (Å²) in [7, 11) is 0. The van der Waals surface area contributed by atoms with E-state index in [-0.39, 0.29) is 5.91 Å². The Balaban J connectivity index is 1.66. The molecular weight excluding hydrogens is 204 g/mol. The van der Waals surface area contributed by atoms with Crippen LogP contribution in [0.15, 0.2) is 0 Å². The summed E-state index contributed by atoms with van der Waals surface area (Å²) >= 11 is 0. The first kappa shape index (κ1) is 10.5. The second kappa shape index (κ2) is 3.44. The molecule has 4 heteroatoms. The Morgan fingerprint density at radius 2 is 1.81 bits per heavy atom. The van der Waals surface area contributed by atoms with Gasteiger partial charge in [0.25, 0.3) is 0 Å². The van der Waals surface area contributed by atoms with Gasteiger partial charge in [0.05, 0.1) is 5.54 Å². The maximum Gasteiger partial charge on any atom is 0.242 e. The summed E-state index contributed by atoms with van der Waals surface area (Å²) in [6.45, 7) is 3.53. The molecule has 90 valence electrons. The smallest absolute Gasteiger partial charge is 0.242 e. The van der Waals surface area contributed by atoms with Crippen LogP contribution in [0.2, 0.25) is 0 Å². The van der Waals surface area contributed by atoms with E-state index in [0.29, 0.717) is 5.41 Å². The van der Waals surface area contributed by atoms with Crippen molar-refractivity contribution in [2.75, 3.05) is 26.3 Å². The predicted molar refractivity (Wildman–Crippen MR) is 59.8 cm³/mol. The molecule has 0 bridgehead atoms. The third kappa shape index (κ3) is 1.64. The van der Waals surface area contributed by atoms with Gasteiger partial charge < -0.3 is 15.4 Å². The molecule has 1 saturated carbocycles. The summed E-state index contributed by atoms with van der Waals surface area (Å²) in [5, 5.41) is 0. The third-order valence-electron chi connectivity index (χ3n) is 4.49. The molecule has 3 aliphatic rings. The van der Waals surface area contributed by atoms with E-state index in [1.54, 1.807) is 0 Å². The highest BCUT2D eigenvalue weighted by molar-refractivity contribution is 5.89. The number of likely N-dealkylation sites (tertiary alicyclic amines) is 1. The maximum atomic E-state index is 12.1. The Morgan fingerprint density at radius 3 is 2.44 bits per heavy atom. The van der Waals surface area contributed by atoms with Gasteiger partial charge in [-0.2, -0.15) is 0 Å². The number of ether oxygens (including phenoxy) is 1. The number of hydrogen-bond donors (Lipinski definition) is 1. The van der Waals surface area contributed by atoms with Crippen LogP contribution in [0, 0.1) is 5.41 Å². The monoisotopic (exact) mass is 224 g/mol. The average Bonchev–Trinajstić information content (AvgIpc) is 2.92. The van der Waals surface area contributed by atoms with E-state index in [2.05, 4.69) is 0 Å². The number of rotatable bonds is 1. The topological polar surface area (TPSA) is 55.6 Å². The minimum Gasteiger partial charge on any atom is -0.381 e. The Kier molecular flexibility index (Phi) is 2.27. The summed E-state index contributed by atoms with van der Waals surface area (Å²) in [5.74, 6) is 0.191. The van der Waals surface area contributed by atoms with Gasteiger partial charge >= 0.3 is 0 Å². The highest BCUT2D eigenvalue weighted by Crippen LogP contribution is 2.42. The minimum atomic E-state index is -0.489. The van der Waals surface area contributed by atoms with Gasteiger partial charge in [0, 0.05) is 26.3 Å². The van der Waals surface area contributed by atoms with E-state index in [4.69, 9.17) is 10.5 Å². The molecular formula is C12H20N2O2.